The van der Waals surface area contributed by atoms with E-state index >= 15 is 0 Å². The number of hydrogen-bond donors (Lipinski definition) is 0. The van der Waals surface area contributed by atoms with Crippen molar-refractivity contribution < 1.29 is 13.3 Å². The minimum atomic E-state index is 0.438. The minimum absolute atomic E-state index is 0.438. The number of fused-ring (bicyclic) bond motifs is 2. The van der Waals surface area contributed by atoms with Gasteiger partial charge in [0.1, 0.15) is 11.0 Å². The van der Waals surface area contributed by atoms with E-state index in [1.54, 1.807) is 12.1 Å². The molecule has 0 saturated carbocycles. The van der Waals surface area contributed by atoms with E-state index in [2.05, 4.69) is 9.97 Å². The molecular formula is C18H10N2O3. The summed E-state index contributed by atoms with van der Waals surface area (Å²) in [6, 6.07) is 18.8. The molecule has 5 nitrogen and oxygen atoms in total. The lowest BCUT2D eigenvalue weighted by molar-refractivity contribution is 0.519. The Morgan fingerprint density at radius 3 is 1.48 bits per heavy atom. The highest BCUT2D eigenvalue weighted by atomic mass is 16.4. The molecule has 0 N–H and O–H groups in total. The van der Waals surface area contributed by atoms with E-state index in [0.29, 0.717) is 23.3 Å². The highest BCUT2D eigenvalue weighted by Crippen LogP contribution is 2.31. The molecule has 0 saturated heterocycles. The van der Waals surface area contributed by atoms with Crippen molar-refractivity contribution in [1.82, 2.24) is 9.97 Å². The number of aromatic nitrogens is 2. The van der Waals surface area contributed by atoms with Crippen LogP contribution in [0.3, 0.4) is 0 Å². The topological polar surface area (TPSA) is 65.2 Å². The van der Waals surface area contributed by atoms with Crippen molar-refractivity contribution in [3.05, 3.63) is 60.7 Å². The zero-order valence-corrected chi connectivity index (χ0v) is 11.9. The van der Waals surface area contributed by atoms with Gasteiger partial charge in [-0.05, 0) is 36.4 Å². The molecule has 0 spiro atoms. The smallest absolute Gasteiger partial charge is 0.263 e. The summed E-state index contributed by atoms with van der Waals surface area (Å²) < 4.78 is 17.2. The average Bonchev–Trinajstić information content (AvgIpc) is 3.30. The molecule has 5 aromatic rings. The largest absolute Gasteiger partial charge is 0.446 e. The molecule has 0 radical (unpaired) electrons. The van der Waals surface area contributed by atoms with Gasteiger partial charge in [-0.1, -0.05) is 24.3 Å². The summed E-state index contributed by atoms with van der Waals surface area (Å²) in [5, 5.41) is 0. The predicted octanol–water partition coefficient (Wildman–Crippen LogP) is 4.90. The molecule has 0 unspecified atom stereocenters. The zero-order valence-electron chi connectivity index (χ0n) is 11.9. The molecule has 0 amide bonds. The van der Waals surface area contributed by atoms with Gasteiger partial charge in [-0.2, -0.15) is 0 Å². The lowest BCUT2D eigenvalue weighted by Crippen LogP contribution is -1.73. The summed E-state index contributed by atoms with van der Waals surface area (Å²) in [5.41, 5.74) is 3.04. The van der Waals surface area contributed by atoms with Crippen LogP contribution in [-0.4, -0.2) is 9.97 Å². The van der Waals surface area contributed by atoms with Crippen LogP contribution in [0.25, 0.3) is 45.5 Å². The SMILES string of the molecule is c1ccc2oc(-c3ccc(-c4nc5ccccc5o4)o3)nc2c1. The minimum Gasteiger partial charge on any atom is -0.446 e. The molecule has 0 aliphatic heterocycles. The normalized spacial score (nSPS) is 11.5. The number of nitrogens with zero attached hydrogens (tertiary/aromatic N) is 2. The molecule has 23 heavy (non-hydrogen) atoms. The molecule has 3 heterocycles. The van der Waals surface area contributed by atoms with E-state index in [1.807, 2.05) is 48.5 Å². The maximum absolute atomic E-state index is 5.80. The van der Waals surface area contributed by atoms with Crippen LogP contribution in [0.15, 0.2) is 73.9 Å². The third-order valence-electron chi connectivity index (χ3n) is 3.62. The zero-order chi connectivity index (χ0) is 15.2. The van der Waals surface area contributed by atoms with Crippen LogP contribution < -0.4 is 0 Å². The van der Waals surface area contributed by atoms with Crippen LogP contribution in [0.2, 0.25) is 0 Å². The fourth-order valence-electron chi connectivity index (χ4n) is 2.52. The van der Waals surface area contributed by atoms with Crippen molar-refractivity contribution in [1.29, 1.82) is 0 Å². The average molecular weight is 302 g/mol. The molecule has 0 bridgehead atoms. The van der Waals surface area contributed by atoms with Crippen molar-refractivity contribution in [2.24, 2.45) is 0 Å². The Kier molecular flexibility index (Phi) is 2.43. The van der Waals surface area contributed by atoms with E-state index in [-0.39, 0.29) is 0 Å². The number of hydrogen-bond acceptors (Lipinski definition) is 5. The van der Waals surface area contributed by atoms with Crippen LogP contribution in [0.5, 0.6) is 0 Å². The summed E-state index contributed by atoms with van der Waals surface area (Å²) in [6.45, 7) is 0. The Morgan fingerprint density at radius 2 is 1.00 bits per heavy atom. The van der Waals surface area contributed by atoms with E-state index in [0.717, 1.165) is 22.2 Å². The summed E-state index contributed by atoms with van der Waals surface area (Å²) in [6.07, 6.45) is 0. The molecule has 2 aromatic carbocycles. The lowest BCUT2D eigenvalue weighted by atomic mass is 10.3. The second-order valence-corrected chi connectivity index (χ2v) is 5.14. The molecule has 0 aliphatic carbocycles. The van der Waals surface area contributed by atoms with E-state index in [1.165, 1.54) is 0 Å². The Hall–Kier alpha value is -3.34. The van der Waals surface area contributed by atoms with Gasteiger partial charge in [-0.15, -0.1) is 0 Å². The molecule has 110 valence electrons. The maximum Gasteiger partial charge on any atom is 0.263 e. The first kappa shape index (κ1) is 12.2. The van der Waals surface area contributed by atoms with Crippen LogP contribution in [0.1, 0.15) is 0 Å². The summed E-state index contributed by atoms with van der Waals surface area (Å²) in [5.74, 6) is 1.96. The van der Waals surface area contributed by atoms with Gasteiger partial charge in [-0.3, -0.25) is 0 Å². The first-order valence-electron chi connectivity index (χ1n) is 7.18. The van der Waals surface area contributed by atoms with Crippen molar-refractivity contribution in [3.8, 4) is 23.3 Å². The summed E-state index contributed by atoms with van der Waals surface area (Å²) in [7, 11) is 0. The van der Waals surface area contributed by atoms with Gasteiger partial charge in [0.2, 0.25) is 0 Å². The van der Waals surface area contributed by atoms with Gasteiger partial charge in [0, 0.05) is 0 Å². The van der Waals surface area contributed by atoms with Crippen LogP contribution in [0, 0.1) is 0 Å². The molecule has 0 aliphatic rings. The number of para-hydroxylation sites is 4. The first-order chi connectivity index (χ1) is 11.4. The quantitative estimate of drug-likeness (QED) is 0.464. The van der Waals surface area contributed by atoms with Crippen molar-refractivity contribution >= 4 is 22.2 Å². The molecule has 0 fully saturated rings. The molecule has 5 heteroatoms. The van der Waals surface area contributed by atoms with Crippen molar-refractivity contribution in [2.75, 3.05) is 0 Å². The fourth-order valence-corrected chi connectivity index (χ4v) is 2.52. The maximum atomic E-state index is 5.80. The van der Waals surface area contributed by atoms with Gasteiger partial charge in [0.15, 0.2) is 22.7 Å². The second-order valence-electron chi connectivity index (χ2n) is 5.14. The summed E-state index contributed by atoms with van der Waals surface area (Å²) >= 11 is 0. The Morgan fingerprint density at radius 1 is 0.522 bits per heavy atom. The van der Waals surface area contributed by atoms with Crippen LogP contribution >= 0.6 is 0 Å². The molecular weight excluding hydrogens is 292 g/mol. The highest BCUT2D eigenvalue weighted by molar-refractivity contribution is 5.76. The van der Waals surface area contributed by atoms with E-state index < -0.39 is 0 Å². The highest BCUT2D eigenvalue weighted by Gasteiger charge is 2.16. The van der Waals surface area contributed by atoms with Crippen LogP contribution in [-0.2, 0) is 0 Å². The number of benzene rings is 2. The van der Waals surface area contributed by atoms with E-state index in [9.17, 15) is 0 Å². The number of oxazole rings is 2. The van der Waals surface area contributed by atoms with Gasteiger partial charge in [-0.25, -0.2) is 9.97 Å². The molecule has 0 atom stereocenters. The third-order valence-corrected chi connectivity index (χ3v) is 3.62. The fraction of sp³-hybridized carbons (Fsp3) is 0. The standard InChI is InChI=1S/C18H10N2O3/c1-3-7-13-11(5-1)19-17(22-13)15-9-10-16(21-15)18-20-12-6-2-4-8-14(12)23-18/h1-10H. The van der Waals surface area contributed by atoms with Crippen LogP contribution in [0.4, 0.5) is 0 Å². The van der Waals surface area contributed by atoms with Crippen molar-refractivity contribution in [3.63, 3.8) is 0 Å². The monoisotopic (exact) mass is 302 g/mol. The van der Waals surface area contributed by atoms with Gasteiger partial charge in [0.25, 0.3) is 11.8 Å². The Labute approximate surface area is 130 Å². The number of furan rings is 1. The van der Waals surface area contributed by atoms with Crippen molar-refractivity contribution in [2.45, 2.75) is 0 Å². The lowest BCUT2D eigenvalue weighted by Gasteiger charge is -1.89. The second kappa shape index (κ2) is 4.58. The Balaban J connectivity index is 1.59. The summed E-state index contributed by atoms with van der Waals surface area (Å²) in [4.78, 5) is 8.84. The molecule has 5 rings (SSSR count). The predicted molar refractivity (Wildman–Crippen MR) is 84.7 cm³/mol. The molecule has 3 aromatic heterocycles. The van der Waals surface area contributed by atoms with Gasteiger partial charge < -0.3 is 13.3 Å². The Bertz CT molecular complexity index is 979. The van der Waals surface area contributed by atoms with Gasteiger partial charge >= 0.3 is 0 Å². The third kappa shape index (κ3) is 1.94. The van der Waals surface area contributed by atoms with Gasteiger partial charge in [0.05, 0.1) is 0 Å². The number of rotatable bonds is 2. The first-order valence-corrected chi connectivity index (χ1v) is 7.18. The van der Waals surface area contributed by atoms with E-state index in [4.69, 9.17) is 13.3 Å².